The summed E-state index contributed by atoms with van der Waals surface area (Å²) in [7, 11) is 2.04. The van der Waals surface area contributed by atoms with Crippen LogP contribution in [0.15, 0.2) is 42.6 Å². The maximum atomic E-state index is 14.9. The Morgan fingerprint density at radius 1 is 1.25 bits per heavy atom. The number of benzene rings is 2. The van der Waals surface area contributed by atoms with E-state index in [0.29, 0.717) is 16.8 Å². The number of carbonyl (C=O) groups excluding carboxylic acids is 1. The third-order valence-electron chi connectivity index (χ3n) is 6.49. The van der Waals surface area contributed by atoms with Crippen LogP contribution < -0.4 is 10.6 Å². The van der Waals surface area contributed by atoms with Crippen LogP contribution in [0.4, 0.5) is 4.39 Å². The smallest absolute Gasteiger partial charge is 0.251 e. The fourth-order valence-corrected chi connectivity index (χ4v) is 5.80. The van der Waals surface area contributed by atoms with Gasteiger partial charge in [0.05, 0.1) is 22.0 Å². The molecule has 2 saturated heterocycles. The molecule has 1 unspecified atom stereocenters. The number of likely N-dealkylation sites (tertiary alicyclic amines) is 1. The molecule has 2 fully saturated rings. The monoisotopic (exact) mass is 449 g/mol. The van der Waals surface area contributed by atoms with Gasteiger partial charge in [-0.15, -0.1) is 0 Å². The first-order chi connectivity index (χ1) is 15.5. The molecule has 2 aliphatic rings. The maximum Gasteiger partial charge on any atom is 0.251 e. The predicted molar refractivity (Wildman–Crippen MR) is 125 cm³/mol. The molecule has 0 saturated carbocycles. The van der Waals surface area contributed by atoms with Crippen LogP contribution in [0, 0.1) is 5.82 Å². The normalized spacial score (nSPS) is 19.6. The van der Waals surface area contributed by atoms with Crippen LogP contribution in [-0.4, -0.2) is 52.9 Å². The summed E-state index contributed by atoms with van der Waals surface area (Å²) in [5.74, 6) is -0.289. The Bertz CT molecular complexity index is 1330. The van der Waals surface area contributed by atoms with Crippen molar-refractivity contribution in [3.8, 4) is 11.3 Å². The highest BCUT2D eigenvalue weighted by Gasteiger charge is 2.25. The van der Waals surface area contributed by atoms with Gasteiger partial charge in [-0.3, -0.25) is 9.20 Å². The lowest BCUT2D eigenvalue weighted by Gasteiger charge is -2.36. The van der Waals surface area contributed by atoms with Gasteiger partial charge in [-0.05, 0) is 62.3 Å². The van der Waals surface area contributed by atoms with Crippen molar-refractivity contribution >= 4 is 32.4 Å². The molecular formula is C24H24FN5OS. The van der Waals surface area contributed by atoms with Crippen molar-refractivity contribution in [2.75, 3.05) is 26.7 Å². The van der Waals surface area contributed by atoms with Crippen molar-refractivity contribution in [2.45, 2.75) is 24.9 Å². The number of nitrogens with one attached hydrogen (secondary N) is 2. The molecule has 0 aliphatic carbocycles. The quantitative estimate of drug-likeness (QED) is 0.497. The van der Waals surface area contributed by atoms with Gasteiger partial charge >= 0.3 is 0 Å². The SMILES string of the molecule is CN1CC(NC(=O)c2ccc3c(c2)sc2nc(-c4ccc(C5CCCN5)cc4F)cn23)C1. The third kappa shape index (κ3) is 3.39. The number of halogens is 1. The lowest BCUT2D eigenvalue weighted by Crippen LogP contribution is -2.57. The molecule has 2 aliphatic heterocycles. The summed E-state index contributed by atoms with van der Waals surface area (Å²) in [5, 5.41) is 6.49. The van der Waals surface area contributed by atoms with Gasteiger partial charge < -0.3 is 15.5 Å². The number of imidazole rings is 1. The number of aromatic nitrogens is 2. The molecule has 4 heterocycles. The molecule has 0 spiro atoms. The standard InChI is InChI=1S/C24H24FN5OS/c1-29-11-16(12-29)27-23(31)15-5-7-21-22(10-15)32-24-28-20(13-30(21)24)17-6-4-14(9-18(17)25)19-3-2-8-26-19/h4-7,9-10,13,16,19,26H,2-3,8,11-12H2,1H3,(H,27,31). The van der Waals surface area contributed by atoms with E-state index in [2.05, 4.69) is 20.5 Å². The minimum Gasteiger partial charge on any atom is -0.347 e. The van der Waals surface area contributed by atoms with Crippen molar-refractivity contribution < 1.29 is 9.18 Å². The summed E-state index contributed by atoms with van der Waals surface area (Å²) in [4.78, 5) is 20.2. The first-order valence-electron chi connectivity index (χ1n) is 11.0. The number of likely N-dealkylation sites (N-methyl/N-ethyl adjacent to an activating group) is 1. The third-order valence-corrected chi connectivity index (χ3v) is 7.50. The second-order valence-electron chi connectivity index (χ2n) is 8.84. The zero-order valence-corrected chi connectivity index (χ0v) is 18.6. The van der Waals surface area contributed by atoms with Crippen LogP contribution in [-0.2, 0) is 0 Å². The fourth-order valence-electron chi connectivity index (χ4n) is 4.76. The van der Waals surface area contributed by atoms with Gasteiger partial charge in [0.2, 0.25) is 0 Å². The van der Waals surface area contributed by atoms with Crippen LogP contribution >= 0.6 is 11.3 Å². The molecule has 0 bridgehead atoms. The molecule has 8 heteroatoms. The van der Waals surface area contributed by atoms with E-state index in [0.717, 1.165) is 53.2 Å². The van der Waals surface area contributed by atoms with Gasteiger partial charge in [-0.1, -0.05) is 17.4 Å². The molecule has 2 aromatic heterocycles. The van der Waals surface area contributed by atoms with E-state index in [1.807, 2.05) is 48.0 Å². The number of carbonyl (C=O) groups is 1. The van der Waals surface area contributed by atoms with Crippen molar-refractivity contribution in [3.63, 3.8) is 0 Å². The van der Waals surface area contributed by atoms with Gasteiger partial charge in [-0.2, -0.15) is 0 Å². The molecule has 6 rings (SSSR count). The van der Waals surface area contributed by atoms with E-state index in [-0.39, 0.29) is 23.8 Å². The topological polar surface area (TPSA) is 61.7 Å². The lowest BCUT2D eigenvalue weighted by molar-refractivity contribution is 0.0858. The molecule has 0 radical (unpaired) electrons. The van der Waals surface area contributed by atoms with Gasteiger partial charge in [-0.25, -0.2) is 9.37 Å². The van der Waals surface area contributed by atoms with Gasteiger partial charge in [0.15, 0.2) is 4.96 Å². The summed E-state index contributed by atoms with van der Waals surface area (Å²) in [6, 6.07) is 11.6. The Kier molecular flexibility index (Phi) is 4.74. The predicted octanol–water partition coefficient (Wildman–Crippen LogP) is 3.82. The Hall–Kier alpha value is -2.81. The number of hydrogen-bond acceptors (Lipinski definition) is 5. The van der Waals surface area contributed by atoms with Crippen molar-refractivity contribution in [1.82, 2.24) is 24.9 Å². The van der Waals surface area contributed by atoms with Gasteiger partial charge in [0.25, 0.3) is 5.91 Å². The highest BCUT2D eigenvalue weighted by atomic mass is 32.1. The van der Waals surface area contributed by atoms with Crippen molar-refractivity contribution in [2.24, 2.45) is 0 Å². The molecule has 2 N–H and O–H groups in total. The van der Waals surface area contributed by atoms with Crippen LogP contribution in [0.5, 0.6) is 0 Å². The Morgan fingerprint density at radius 3 is 2.88 bits per heavy atom. The summed E-state index contributed by atoms with van der Waals surface area (Å²) >= 11 is 1.51. The first-order valence-corrected chi connectivity index (χ1v) is 11.8. The number of thiazole rings is 1. The van der Waals surface area contributed by atoms with E-state index in [9.17, 15) is 9.18 Å². The lowest BCUT2D eigenvalue weighted by atomic mass is 10.0. The second kappa shape index (κ2) is 7.65. The van der Waals surface area contributed by atoms with Crippen molar-refractivity contribution in [3.05, 3.63) is 59.5 Å². The summed E-state index contributed by atoms with van der Waals surface area (Å²) in [5.41, 5.74) is 3.75. The van der Waals surface area contributed by atoms with E-state index in [4.69, 9.17) is 0 Å². The summed E-state index contributed by atoms with van der Waals surface area (Å²) in [6.45, 7) is 2.76. The molecular weight excluding hydrogens is 425 g/mol. The van der Waals surface area contributed by atoms with E-state index in [1.54, 1.807) is 6.07 Å². The fraction of sp³-hybridized carbons (Fsp3) is 0.333. The minimum atomic E-state index is -0.244. The van der Waals surface area contributed by atoms with Gasteiger partial charge in [0, 0.05) is 36.5 Å². The number of hydrogen-bond donors (Lipinski definition) is 2. The largest absolute Gasteiger partial charge is 0.347 e. The highest BCUT2D eigenvalue weighted by molar-refractivity contribution is 7.23. The molecule has 6 nitrogen and oxygen atoms in total. The van der Waals surface area contributed by atoms with E-state index in [1.165, 1.54) is 11.3 Å². The minimum absolute atomic E-state index is 0.0457. The Morgan fingerprint density at radius 2 is 2.12 bits per heavy atom. The Balaban J connectivity index is 1.28. The average Bonchev–Trinajstić information content (AvgIpc) is 3.48. The van der Waals surface area contributed by atoms with Crippen LogP contribution in [0.2, 0.25) is 0 Å². The molecule has 1 amide bonds. The second-order valence-corrected chi connectivity index (χ2v) is 9.85. The average molecular weight is 450 g/mol. The Labute approximate surface area is 189 Å². The number of amides is 1. The maximum absolute atomic E-state index is 14.9. The summed E-state index contributed by atoms with van der Waals surface area (Å²) < 4.78 is 17.9. The van der Waals surface area contributed by atoms with E-state index >= 15 is 0 Å². The molecule has 2 aromatic carbocycles. The first kappa shape index (κ1) is 19.8. The highest BCUT2D eigenvalue weighted by Crippen LogP contribution is 2.32. The number of rotatable bonds is 4. The van der Waals surface area contributed by atoms with Crippen molar-refractivity contribution in [1.29, 1.82) is 0 Å². The molecule has 32 heavy (non-hydrogen) atoms. The van der Waals surface area contributed by atoms with E-state index < -0.39 is 0 Å². The number of nitrogens with zero attached hydrogens (tertiary/aromatic N) is 3. The van der Waals surface area contributed by atoms with Gasteiger partial charge in [0.1, 0.15) is 5.82 Å². The molecule has 1 atom stereocenters. The number of fused-ring (bicyclic) bond motifs is 3. The van der Waals surface area contributed by atoms with Crippen LogP contribution in [0.25, 0.3) is 26.4 Å². The van der Waals surface area contributed by atoms with Crippen LogP contribution in [0.3, 0.4) is 0 Å². The zero-order chi connectivity index (χ0) is 21.8. The van der Waals surface area contributed by atoms with Crippen LogP contribution in [0.1, 0.15) is 34.8 Å². The zero-order valence-electron chi connectivity index (χ0n) is 17.8. The summed E-state index contributed by atoms with van der Waals surface area (Å²) in [6.07, 6.45) is 4.05. The molecule has 164 valence electrons. The molecule has 4 aromatic rings.